The zero-order chi connectivity index (χ0) is 24.6. The second-order valence-corrected chi connectivity index (χ2v) is 9.27. The number of amides is 2. The molecule has 4 rings (SSSR count). The van der Waals surface area contributed by atoms with Gasteiger partial charge in [-0.15, -0.1) is 11.3 Å². The van der Waals surface area contributed by atoms with Crippen molar-refractivity contribution in [3.8, 4) is 5.75 Å². The molecule has 0 saturated carbocycles. The first-order chi connectivity index (χ1) is 17.0. The van der Waals surface area contributed by atoms with Gasteiger partial charge >= 0.3 is 0 Å². The van der Waals surface area contributed by atoms with Crippen LogP contribution in [0, 0.1) is 6.92 Å². The molecule has 0 bridgehead atoms. The Bertz CT molecular complexity index is 1250. The first kappa shape index (κ1) is 24.2. The quantitative estimate of drug-likeness (QED) is 0.332. The molecular weight excluding hydrogens is 456 g/mol. The molecule has 1 heterocycles. The lowest BCUT2D eigenvalue weighted by molar-refractivity contribution is -0.126. The summed E-state index contributed by atoms with van der Waals surface area (Å²) in [5.41, 5.74) is 3.38. The fourth-order valence-corrected chi connectivity index (χ4v) is 4.64. The molecule has 0 aliphatic heterocycles. The molecule has 5 nitrogen and oxygen atoms in total. The van der Waals surface area contributed by atoms with E-state index in [0.29, 0.717) is 23.5 Å². The highest BCUT2D eigenvalue weighted by atomic mass is 32.1. The van der Waals surface area contributed by atoms with Crippen LogP contribution in [0.1, 0.15) is 27.6 Å². The molecule has 3 aromatic carbocycles. The number of anilines is 1. The Hall–Kier alpha value is -3.90. The van der Waals surface area contributed by atoms with Crippen LogP contribution in [0.15, 0.2) is 96.4 Å². The summed E-state index contributed by atoms with van der Waals surface area (Å²) < 4.78 is 5.31. The molecule has 0 fully saturated rings. The summed E-state index contributed by atoms with van der Waals surface area (Å²) in [5.74, 6) is 0.290. The van der Waals surface area contributed by atoms with Gasteiger partial charge in [0.25, 0.3) is 0 Å². The minimum Gasteiger partial charge on any atom is -0.497 e. The summed E-state index contributed by atoms with van der Waals surface area (Å²) in [6.07, 6.45) is 0.213. The summed E-state index contributed by atoms with van der Waals surface area (Å²) in [6.45, 7) is 2.34. The standard InChI is InChI=1S/C29H28N2O3S/c1-21-8-6-11-24(18-21)31(27(32)19-26-12-7-17-35-26)28(23-13-15-25(34-2)16-14-23)29(33)30-20-22-9-4-3-5-10-22/h3-18,28H,19-20H2,1-2H3,(H,30,33)/t28-/m0/s1. The van der Waals surface area contributed by atoms with E-state index >= 15 is 0 Å². The molecule has 2 amide bonds. The van der Waals surface area contributed by atoms with Gasteiger partial charge in [0.15, 0.2) is 0 Å². The molecule has 4 aromatic rings. The molecule has 0 unspecified atom stereocenters. The van der Waals surface area contributed by atoms with Gasteiger partial charge in [-0.3, -0.25) is 14.5 Å². The number of rotatable bonds is 9. The van der Waals surface area contributed by atoms with Gasteiger partial charge in [0.2, 0.25) is 11.8 Å². The Labute approximate surface area is 210 Å². The predicted molar refractivity (Wildman–Crippen MR) is 141 cm³/mol. The largest absolute Gasteiger partial charge is 0.497 e. The second kappa shape index (κ2) is 11.5. The Kier molecular flexibility index (Phi) is 7.95. The predicted octanol–water partition coefficient (Wildman–Crippen LogP) is 5.70. The molecule has 1 aromatic heterocycles. The molecule has 0 saturated heterocycles. The molecular formula is C29H28N2O3S. The van der Waals surface area contributed by atoms with E-state index < -0.39 is 6.04 Å². The van der Waals surface area contributed by atoms with E-state index in [4.69, 9.17) is 4.74 Å². The summed E-state index contributed by atoms with van der Waals surface area (Å²) in [6, 6.07) is 27.7. The first-order valence-corrected chi connectivity index (χ1v) is 12.3. The lowest BCUT2D eigenvalue weighted by Gasteiger charge is -2.32. The Morgan fingerprint density at radius 2 is 1.71 bits per heavy atom. The van der Waals surface area contributed by atoms with Gasteiger partial charge in [-0.2, -0.15) is 0 Å². The monoisotopic (exact) mass is 484 g/mol. The van der Waals surface area contributed by atoms with Crippen molar-refractivity contribution in [3.63, 3.8) is 0 Å². The van der Waals surface area contributed by atoms with Crippen molar-refractivity contribution in [2.24, 2.45) is 0 Å². The van der Waals surface area contributed by atoms with Crippen LogP contribution >= 0.6 is 11.3 Å². The van der Waals surface area contributed by atoms with Gasteiger partial charge < -0.3 is 10.1 Å². The fourth-order valence-electron chi connectivity index (χ4n) is 3.95. The lowest BCUT2D eigenvalue weighted by Crippen LogP contribution is -2.44. The normalized spacial score (nSPS) is 11.5. The smallest absolute Gasteiger partial charge is 0.248 e. The number of nitrogens with one attached hydrogen (secondary N) is 1. The maximum Gasteiger partial charge on any atom is 0.248 e. The van der Waals surface area contributed by atoms with Crippen LogP contribution in [0.3, 0.4) is 0 Å². The third-order valence-electron chi connectivity index (χ3n) is 5.70. The van der Waals surface area contributed by atoms with Gasteiger partial charge in [-0.25, -0.2) is 0 Å². The van der Waals surface area contributed by atoms with E-state index in [-0.39, 0.29) is 18.2 Å². The van der Waals surface area contributed by atoms with Crippen molar-refractivity contribution < 1.29 is 14.3 Å². The van der Waals surface area contributed by atoms with E-state index in [9.17, 15) is 9.59 Å². The number of nitrogens with zero attached hydrogens (tertiary/aromatic N) is 1. The van der Waals surface area contributed by atoms with Crippen molar-refractivity contribution in [2.45, 2.75) is 25.9 Å². The number of carbonyl (C=O) groups is 2. The molecule has 0 spiro atoms. The maximum absolute atomic E-state index is 13.8. The molecule has 0 aliphatic rings. The zero-order valence-electron chi connectivity index (χ0n) is 19.8. The second-order valence-electron chi connectivity index (χ2n) is 8.24. The van der Waals surface area contributed by atoms with Gasteiger partial charge in [-0.1, -0.05) is 60.7 Å². The third kappa shape index (κ3) is 6.16. The molecule has 1 N–H and O–H groups in total. The minimum absolute atomic E-state index is 0.145. The highest BCUT2D eigenvalue weighted by Gasteiger charge is 2.33. The number of methoxy groups -OCH3 is 1. The van der Waals surface area contributed by atoms with Crippen molar-refractivity contribution >= 4 is 28.8 Å². The Balaban J connectivity index is 1.74. The number of ether oxygens (including phenoxy) is 1. The lowest BCUT2D eigenvalue weighted by atomic mass is 10.0. The van der Waals surface area contributed by atoms with Gasteiger partial charge in [0.1, 0.15) is 11.8 Å². The summed E-state index contributed by atoms with van der Waals surface area (Å²) in [7, 11) is 1.60. The van der Waals surface area contributed by atoms with Crippen LogP contribution in [0.4, 0.5) is 5.69 Å². The molecule has 178 valence electrons. The van der Waals surface area contributed by atoms with Crippen LogP contribution in [-0.2, 0) is 22.6 Å². The Morgan fingerprint density at radius 1 is 0.943 bits per heavy atom. The van der Waals surface area contributed by atoms with E-state index in [1.54, 1.807) is 12.0 Å². The molecule has 0 aliphatic carbocycles. The molecule has 0 radical (unpaired) electrons. The van der Waals surface area contributed by atoms with Crippen molar-refractivity contribution in [1.29, 1.82) is 0 Å². The number of benzene rings is 3. The molecule has 6 heteroatoms. The van der Waals surface area contributed by atoms with E-state index in [2.05, 4.69) is 5.32 Å². The average molecular weight is 485 g/mol. The molecule has 1 atom stereocenters. The van der Waals surface area contributed by atoms with Crippen molar-refractivity contribution in [2.75, 3.05) is 12.0 Å². The Morgan fingerprint density at radius 3 is 2.37 bits per heavy atom. The number of hydrogen-bond donors (Lipinski definition) is 1. The zero-order valence-corrected chi connectivity index (χ0v) is 20.6. The number of thiophene rings is 1. The van der Waals surface area contributed by atoms with Crippen LogP contribution < -0.4 is 15.0 Å². The number of aryl methyl sites for hydroxylation is 1. The minimum atomic E-state index is -0.848. The van der Waals surface area contributed by atoms with Crippen LogP contribution in [-0.4, -0.2) is 18.9 Å². The maximum atomic E-state index is 13.8. The van der Waals surface area contributed by atoms with Crippen molar-refractivity contribution in [1.82, 2.24) is 5.32 Å². The van der Waals surface area contributed by atoms with E-state index in [1.165, 1.54) is 11.3 Å². The van der Waals surface area contributed by atoms with E-state index in [0.717, 1.165) is 16.0 Å². The van der Waals surface area contributed by atoms with Crippen LogP contribution in [0.25, 0.3) is 0 Å². The van der Waals surface area contributed by atoms with E-state index in [1.807, 2.05) is 103 Å². The molecule has 35 heavy (non-hydrogen) atoms. The van der Waals surface area contributed by atoms with Gasteiger partial charge in [-0.05, 0) is 59.3 Å². The highest BCUT2D eigenvalue weighted by Crippen LogP contribution is 2.31. The number of carbonyl (C=O) groups excluding carboxylic acids is 2. The summed E-state index contributed by atoms with van der Waals surface area (Å²) in [4.78, 5) is 30.1. The van der Waals surface area contributed by atoms with Gasteiger partial charge in [0, 0.05) is 17.1 Å². The third-order valence-corrected chi connectivity index (χ3v) is 6.58. The fraction of sp³-hybridized carbons (Fsp3) is 0.172. The SMILES string of the molecule is COc1ccc([C@@H](C(=O)NCc2ccccc2)N(C(=O)Cc2cccs2)c2cccc(C)c2)cc1. The number of hydrogen-bond acceptors (Lipinski definition) is 4. The highest BCUT2D eigenvalue weighted by molar-refractivity contribution is 7.10. The first-order valence-electron chi connectivity index (χ1n) is 11.4. The average Bonchev–Trinajstić information content (AvgIpc) is 3.39. The summed E-state index contributed by atoms with van der Waals surface area (Å²) >= 11 is 1.53. The van der Waals surface area contributed by atoms with Gasteiger partial charge in [0.05, 0.1) is 13.5 Å². The summed E-state index contributed by atoms with van der Waals surface area (Å²) in [5, 5.41) is 4.99. The van der Waals surface area contributed by atoms with Crippen molar-refractivity contribution in [3.05, 3.63) is 118 Å². The van der Waals surface area contributed by atoms with Crippen LogP contribution in [0.2, 0.25) is 0 Å². The topological polar surface area (TPSA) is 58.6 Å². The van der Waals surface area contributed by atoms with Crippen LogP contribution in [0.5, 0.6) is 5.75 Å².